The Hall–Kier alpha value is -2.66. The number of piperazine rings is 1. The van der Waals surface area contributed by atoms with E-state index in [0.29, 0.717) is 6.61 Å². The highest BCUT2D eigenvalue weighted by Crippen LogP contribution is 2.19. The van der Waals surface area contributed by atoms with Gasteiger partial charge >= 0.3 is 0 Å². The van der Waals surface area contributed by atoms with E-state index in [0.717, 1.165) is 43.1 Å². The van der Waals surface area contributed by atoms with Crippen molar-refractivity contribution in [3.05, 3.63) is 65.7 Å². The number of benzene rings is 2. The summed E-state index contributed by atoms with van der Waals surface area (Å²) in [6, 6.07) is 18.2. The molecule has 0 spiro atoms. The minimum absolute atomic E-state index is 0.112. The number of rotatable bonds is 7. The van der Waals surface area contributed by atoms with Gasteiger partial charge in [-0.1, -0.05) is 49.4 Å². The van der Waals surface area contributed by atoms with Gasteiger partial charge in [0.25, 0.3) is 0 Å². The van der Waals surface area contributed by atoms with Gasteiger partial charge in [0.1, 0.15) is 18.9 Å². The fourth-order valence-corrected chi connectivity index (χ4v) is 3.14. The van der Waals surface area contributed by atoms with Crippen molar-refractivity contribution in [3.8, 4) is 5.75 Å². The molecule has 1 aliphatic heterocycles. The van der Waals surface area contributed by atoms with E-state index in [4.69, 9.17) is 4.74 Å². The highest BCUT2D eigenvalue weighted by molar-refractivity contribution is 5.80. The predicted molar refractivity (Wildman–Crippen MR) is 113 cm³/mol. The van der Waals surface area contributed by atoms with Gasteiger partial charge in [0.15, 0.2) is 0 Å². The third kappa shape index (κ3) is 5.92. The van der Waals surface area contributed by atoms with E-state index >= 15 is 0 Å². The SMILES string of the molecule is CC(C=NCC(=O)N1CCN(C)CC1)c1ccc(OCc2ccccc2)cc1. The van der Waals surface area contributed by atoms with E-state index in [1.165, 1.54) is 0 Å². The smallest absolute Gasteiger partial charge is 0.244 e. The topological polar surface area (TPSA) is 45.1 Å². The molecule has 2 aromatic carbocycles. The van der Waals surface area contributed by atoms with Crippen LogP contribution < -0.4 is 4.74 Å². The van der Waals surface area contributed by atoms with Crippen molar-refractivity contribution in [2.75, 3.05) is 39.8 Å². The van der Waals surface area contributed by atoms with Gasteiger partial charge in [-0.2, -0.15) is 0 Å². The van der Waals surface area contributed by atoms with Crippen LogP contribution in [0.25, 0.3) is 0 Å². The second-order valence-corrected chi connectivity index (χ2v) is 7.31. The van der Waals surface area contributed by atoms with Gasteiger partial charge in [-0.05, 0) is 30.3 Å². The van der Waals surface area contributed by atoms with E-state index in [1.807, 2.05) is 41.4 Å². The van der Waals surface area contributed by atoms with Crippen molar-refractivity contribution in [3.63, 3.8) is 0 Å². The van der Waals surface area contributed by atoms with Gasteiger partial charge in [0.05, 0.1) is 0 Å². The van der Waals surface area contributed by atoms with E-state index in [-0.39, 0.29) is 18.4 Å². The molecule has 3 rings (SSSR count). The van der Waals surface area contributed by atoms with E-state index in [2.05, 4.69) is 48.1 Å². The molecule has 28 heavy (non-hydrogen) atoms. The number of hydrogen-bond donors (Lipinski definition) is 0. The molecule has 1 heterocycles. The van der Waals surface area contributed by atoms with Crippen molar-refractivity contribution < 1.29 is 9.53 Å². The fourth-order valence-electron chi connectivity index (χ4n) is 3.14. The van der Waals surface area contributed by atoms with Gasteiger partial charge in [-0.15, -0.1) is 0 Å². The zero-order valence-electron chi connectivity index (χ0n) is 16.8. The quantitative estimate of drug-likeness (QED) is 0.694. The summed E-state index contributed by atoms with van der Waals surface area (Å²) in [5.41, 5.74) is 2.31. The van der Waals surface area contributed by atoms with Gasteiger partial charge < -0.3 is 14.5 Å². The molecule has 0 aliphatic carbocycles. The Balaban J connectivity index is 1.45. The van der Waals surface area contributed by atoms with Crippen LogP contribution in [0.15, 0.2) is 59.6 Å². The number of ether oxygens (including phenoxy) is 1. The maximum atomic E-state index is 12.2. The summed E-state index contributed by atoms with van der Waals surface area (Å²) >= 11 is 0. The second kappa shape index (κ2) is 10.0. The number of nitrogens with zero attached hydrogens (tertiary/aromatic N) is 3. The first-order chi connectivity index (χ1) is 13.6. The third-order valence-electron chi connectivity index (χ3n) is 5.07. The van der Waals surface area contributed by atoms with Crippen molar-refractivity contribution in [1.82, 2.24) is 9.80 Å². The lowest BCUT2D eigenvalue weighted by molar-refractivity contribution is -0.131. The molecule has 1 amide bonds. The summed E-state index contributed by atoms with van der Waals surface area (Å²) in [5, 5.41) is 0. The maximum absolute atomic E-state index is 12.2. The predicted octanol–water partition coefficient (Wildman–Crippen LogP) is 3.21. The molecule has 1 atom stereocenters. The molecule has 5 nitrogen and oxygen atoms in total. The number of aliphatic imine (C=N–C) groups is 1. The molecule has 0 bridgehead atoms. The first-order valence-corrected chi connectivity index (χ1v) is 9.85. The monoisotopic (exact) mass is 379 g/mol. The Morgan fingerprint density at radius 2 is 1.75 bits per heavy atom. The summed E-state index contributed by atoms with van der Waals surface area (Å²) in [5.74, 6) is 1.12. The summed E-state index contributed by atoms with van der Waals surface area (Å²) in [4.78, 5) is 20.8. The number of hydrogen-bond acceptors (Lipinski definition) is 4. The Bertz CT molecular complexity index is 766. The normalized spacial score (nSPS) is 16.3. The summed E-state index contributed by atoms with van der Waals surface area (Å²) < 4.78 is 5.83. The zero-order chi connectivity index (χ0) is 19.8. The standard InChI is InChI=1S/C23H29N3O2/c1-19(16-24-17-23(27)26-14-12-25(2)13-15-26)21-8-10-22(11-9-21)28-18-20-6-4-3-5-7-20/h3-11,16,19H,12-15,17-18H2,1-2H3. The van der Waals surface area contributed by atoms with Crippen LogP contribution in [0.5, 0.6) is 5.75 Å². The summed E-state index contributed by atoms with van der Waals surface area (Å²) in [6.45, 7) is 6.34. The van der Waals surface area contributed by atoms with E-state index in [9.17, 15) is 4.79 Å². The van der Waals surface area contributed by atoms with Gasteiger partial charge in [-0.25, -0.2) is 0 Å². The Morgan fingerprint density at radius 1 is 1.07 bits per heavy atom. The number of carbonyl (C=O) groups excluding carboxylic acids is 1. The van der Waals surface area contributed by atoms with Gasteiger partial charge in [0.2, 0.25) is 5.91 Å². The Kier molecular flexibility index (Phi) is 7.20. The molecule has 0 radical (unpaired) electrons. The fraction of sp³-hybridized carbons (Fsp3) is 0.391. The lowest BCUT2D eigenvalue weighted by Gasteiger charge is -2.32. The zero-order valence-corrected chi connectivity index (χ0v) is 16.8. The van der Waals surface area contributed by atoms with Crippen LogP contribution in [0.4, 0.5) is 0 Å². The molecule has 5 heteroatoms. The van der Waals surface area contributed by atoms with Crippen LogP contribution in [0, 0.1) is 0 Å². The average Bonchev–Trinajstić information content (AvgIpc) is 2.73. The van der Waals surface area contributed by atoms with Gasteiger partial charge in [-0.3, -0.25) is 9.79 Å². The molecule has 0 saturated carbocycles. The molecule has 1 saturated heterocycles. The minimum atomic E-state index is 0.112. The molecule has 1 fully saturated rings. The van der Waals surface area contributed by atoms with E-state index in [1.54, 1.807) is 0 Å². The van der Waals surface area contributed by atoms with Crippen molar-refractivity contribution in [2.24, 2.45) is 4.99 Å². The highest BCUT2D eigenvalue weighted by atomic mass is 16.5. The van der Waals surface area contributed by atoms with E-state index < -0.39 is 0 Å². The average molecular weight is 380 g/mol. The highest BCUT2D eigenvalue weighted by Gasteiger charge is 2.18. The minimum Gasteiger partial charge on any atom is -0.489 e. The van der Waals surface area contributed by atoms with Gasteiger partial charge in [0, 0.05) is 38.3 Å². The molecule has 0 aromatic heterocycles. The van der Waals surface area contributed by atoms with Crippen LogP contribution in [-0.2, 0) is 11.4 Å². The molecular weight excluding hydrogens is 350 g/mol. The molecular formula is C23H29N3O2. The third-order valence-corrected chi connectivity index (χ3v) is 5.07. The van der Waals surface area contributed by atoms with Crippen molar-refractivity contribution in [2.45, 2.75) is 19.4 Å². The van der Waals surface area contributed by atoms with Crippen LogP contribution in [0.2, 0.25) is 0 Å². The van der Waals surface area contributed by atoms with Crippen LogP contribution in [0.3, 0.4) is 0 Å². The molecule has 148 valence electrons. The molecule has 2 aromatic rings. The Labute approximate surface area is 167 Å². The lowest BCUT2D eigenvalue weighted by Crippen LogP contribution is -2.47. The maximum Gasteiger partial charge on any atom is 0.244 e. The van der Waals surface area contributed by atoms with Crippen LogP contribution in [0.1, 0.15) is 24.0 Å². The van der Waals surface area contributed by atoms with Crippen molar-refractivity contribution >= 4 is 12.1 Å². The second-order valence-electron chi connectivity index (χ2n) is 7.31. The molecule has 0 N–H and O–H groups in total. The number of amides is 1. The molecule has 1 aliphatic rings. The first-order valence-electron chi connectivity index (χ1n) is 9.85. The largest absolute Gasteiger partial charge is 0.489 e. The number of carbonyl (C=O) groups is 1. The first kappa shape index (κ1) is 20.1. The lowest BCUT2D eigenvalue weighted by atomic mass is 10.0. The Morgan fingerprint density at radius 3 is 2.43 bits per heavy atom. The summed E-state index contributed by atoms with van der Waals surface area (Å²) in [7, 11) is 2.08. The summed E-state index contributed by atoms with van der Waals surface area (Å²) in [6.07, 6.45) is 1.87. The van der Waals surface area contributed by atoms with Crippen LogP contribution >= 0.6 is 0 Å². The molecule has 1 unspecified atom stereocenters. The van der Waals surface area contributed by atoms with Crippen LogP contribution in [-0.4, -0.2) is 61.7 Å². The number of likely N-dealkylation sites (N-methyl/N-ethyl adjacent to an activating group) is 1. The van der Waals surface area contributed by atoms with Crippen molar-refractivity contribution in [1.29, 1.82) is 0 Å².